The summed E-state index contributed by atoms with van der Waals surface area (Å²) in [6.07, 6.45) is 2.37. The van der Waals surface area contributed by atoms with Crippen molar-refractivity contribution >= 4 is 27.4 Å². The van der Waals surface area contributed by atoms with E-state index < -0.39 is 5.97 Å². The van der Waals surface area contributed by atoms with Gasteiger partial charge in [0.15, 0.2) is 4.73 Å². The van der Waals surface area contributed by atoms with E-state index in [1.807, 2.05) is 22.6 Å². The second-order valence-corrected chi connectivity index (χ2v) is 3.91. The Morgan fingerprint density at radius 3 is 3.07 bits per heavy atom. The summed E-state index contributed by atoms with van der Waals surface area (Å²) < 4.78 is 2.61. The van der Waals surface area contributed by atoms with Gasteiger partial charge in [-0.15, -0.1) is 0 Å². The fourth-order valence-corrected chi connectivity index (χ4v) is 2.04. The monoisotopic (exact) mass is 268 g/mol. The van der Waals surface area contributed by atoms with Crippen LogP contribution in [0.4, 0.5) is 0 Å². The molecule has 0 unspecified atom stereocenters. The highest BCUT2D eigenvalue weighted by Crippen LogP contribution is 2.16. The number of aryl methyl sites for hydroxylation is 1. The van der Waals surface area contributed by atoms with E-state index in [0.717, 1.165) is 11.2 Å². The molecule has 0 fully saturated rings. The van der Waals surface area contributed by atoms with E-state index >= 15 is 0 Å². The molecule has 0 aliphatic carbocycles. The normalized spacial score (nSPS) is 10.7. The van der Waals surface area contributed by atoms with Gasteiger partial charge < -0.3 is 5.11 Å². The van der Waals surface area contributed by atoms with Gasteiger partial charge in [-0.05, 0) is 34.5 Å². The molecule has 2 aromatic heterocycles. The fourth-order valence-electron chi connectivity index (χ4n) is 1.51. The van der Waals surface area contributed by atoms with Gasteiger partial charge in [0.05, 0.1) is 18.1 Å². The van der Waals surface area contributed by atoms with Gasteiger partial charge in [-0.1, -0.05) is 6.07 Å². The molecule has 1 N–H and O–H groups in total. The number of rotatable bonds is 3. The van der Waals surface area contributed by atoms with Crippen LogP contribution in [-0.2, 0) is 11.2 Å². The Kier molecular flexibility index (Phi) is 2.73. The Bertz CT molecular complexity index is 507. The number of nitrogens with zero attached hydrogens (tertiary/aromatic N) is 2. The van der Waals surface area contributed by atoms with Crippen LogP contribution in [0.3, 0.4) is 0 Å². The van der Waals surface area contributed by atoms with Crippen molar-refractivity contribution in [2.45, 2.75) is 12.8 Å². The van der Waals surface area contributed by atoms with Gasteiger partial charge in [0, 0.05) is 5.69 Å². The zero-order valence-corrected chi connectivity index (χ0v) is 9.44. The molecule has 0 saturated heterocycles. The lowest BCUT2D eigenvalue weighted by molar-refractivity contribution is -0.136. The molecule has 0 spiro atoms. The van der Waals surface area contributed by atoms with Crippen molar-refractivity contribution in [1.29, 1.82) is 0 Å². The van der Waals surface area contributed by atoms with Crippen LogP contribution in [0.15, 0.2) is 29.1 Å². The number of carboxylic acids is 1. The Labute approximate surface area is 94.7 Å². The minimum Gasteiger partial charge on any atom is -0.481 e. The van der Waals surface area contributed by atoms with Crippen LogP contribution in [0.5, 0.6) is 0 Å². The van der Waals surface area contributed by atoms with E-state index in [4.69, 9.17) is 5.11 Å². The Hall–Kier alpha value is -1.36. The molecule has 0 bridgehead atoms. The first-order chi connectivity index (χ1) is 7.18. The van der Waals surface area contributed by atoms with Crippen molar-refractivity contribution in [1.82, 2.24) is 9.38 Å². The van der Waals surface area contributed by atoms with Crippen LogP contribution in [0.2, 0.25) is 0 Å². The third-order valence-corrected chi connectivity index (χ3v) is 2.74. The first-order valence-electron chi connectivity index (χ1n) is 4.51. The van der Waals surface area contributed by atoms with Gasteiger partial charge in [0.2, 0.25) is 0 Å². The number of aromatic nitrogens is 2. The number of hydrogen-bond acceptors (Lipinski definition) is 2. The zero-order valence-electron chi connectivity index (χ0n) is 7.85. The van der Waals surface area contributed by atoms with Gasteiger partial charge in [-0.2, -0.15) is 0 Å². The summed E-state index contributed by atoms with van der Waals surface area (Å²) in [6.45, 7) is 0. The predicted octanol–water partition coefficient (Wildman–Crippen LogP) is 2.11. The fraction of sp³-hybridized carbons (Fsp3) is 0.200. The molecule has 78 valence electrons. The van der Waals surface area contributed by atoms with Crippen LogP contribution in [0.25, 0.3) is 5.52 Å². The minimum atomic E-state index is -0.789. The number of halogens is 1. The lowest BCUT2D eigenvalue weighted by Crippen LogP contribution is -2.02. The van der Waals surface area contributed by atoms with Crippen LogP contribution in [0, 0.1) is 0 Å². The number of fused-ring (bicyclic) bond motifs is 1. The third kappa shape index (κ3) is 2.02. The smallest absolute Gasteiger partial charge is 0.303 e. The summed E-state index contributed by atoms with van der Waals surface area (Å²) in [7, 11) is 0. The molecule has 4 nitrogen and oxygen atoms in total. The molecular formula is C10H9BrN2O2. The van der Waals surface area contributed by atoms with Crippen molar-refractivity contribution in [2.75, 3.05) is 0 Å². The van der Waals surface area contributed by atoms with Crippen molar-refractivity contribution in [3.8, 4) is 0 Å². The average Bonchev–Trinajstić information content (AvgIpc) is 2.58. The molecule has 0 saturated carbocycles. The molecule has 5 heteroatoms. The molecule has 0 atom stereocenters. The first kappa shape index (κ1) is 10.2. The lowest BCUT2D eigenvalue weighted by atomic mass is 10.2. The van der Waals surface area contributed by atoms with Crippen molar-refractivity contribution in [3.63, 3.8) is 0 Å². The van der Waals surface area contributed by atoms with E-state index in [1.54, 1.807) is 6.20 Å². The first-order valence-corrected chi connectivity index (χ1v) is 5.30. The summed E-state index contributed by atoms with van der Waals surface area (Å²) in [6, 6.07) is 5.74. The maximum atomic E-state index is 10.5. The summed E-state index contributed by atoms with van der Waals surface area (Å²) in [5.41, 5.74) is 1.91. The molecule has 15 heavy (non-hydrogen) atoms. The molecule has 0 aromatic carbocycles. The van der Waals surface area contributed by atoms with Gasteiger partial charge in [0.25, 0.3) is 0 Å². The van der Waals surface area contributed by atoms with E-state index in [2.05, 4.69) is 20.9 Å². The summed E-state index contributed by atoms with van der Waals surface area (Å²) in [5.74, 6) is -0.789. The molecule has 0 amide bonds. The lowest BCUT2D eigenvalue weighted by Gasteiger charge is -2.04. The Morgan fingerprint density at radius 2 is 2.33 bits per heavy atom. The van der Waals surface area contributed by atoms with E-state index in [9.17, 15) is 4.79 Å². The molecule has 2 aromatic rings. The Balaban J connectivity index is 2.41. The van der Waals surface area contributed by atoms with E-state index in [1.165, 1.54) is 0 Å². The highest BCUT2D eigenvalue weighted by molar-refractivity contribution is 9.10. The van der Waals surface area contributed by atoms with Crippen molar-refractivity contribution in [3.05, 3.63) is 34.8 Å². The highest BCUT2D eigenvalue weighted by Gasteiger charge is 2.06. The second kappa shape index (κ2) is 4.02. The van der Waals surface area contributed by atoms with Gasteiger partial charge in [0.1, 0.15) is 0 Å². The predicted molar refractivity (Wildman–Crippen MR) is 58.8 cm³/mol. The SMILES string of the molecule is O=C(O)CCc1cccc2cnc(Br)n12. The molecule has 0 aliphatic rings. The van der Waals surface area contributed by atoms with Crippen LogP contribution < -0.4 is 0 Å². The Morgan fingerprint density at radius 1 is 1.53 bits per heavy atom. The third-order valence-electron chi connectivity index (χ3n) is 2.18. The number of hydrogen-bond donors (Lipinski definition) is 1. The summed E-state index contributed by atoms with van der Waals surface area (Å²) in [5, 5.41) is 8.63. The number of pyridine rings is 1. The summed E-state index contributed by atoms with van der Waals surface area (Å²) in [4.78, 5) is 14.6. The minimum absolute atomic E-state index is 0.129. The van der Waals surface area contributed by atoms with Crippen LogP contribution in [-0.4, -0.2) is 20.5 Å². The van der Waals surface area contributed by atoms with Gasteiger partial charge in [-0.25, -0.2) is 4.98 Å². The number of carboxylic acid groups (broad SMARTS) is 1. The highest BCUT2D eigenvalue weighted by atomic mass is 79.9. The largest absolute Gasteiger partial charge is 0.481 e. The van der Waals surface area contributed by atoms with Gasteiger partial charge >= 0.3 is 5.97 Å². The topological polar surface area (TPSA) is 54.6 Å². The maximum Gasteiger partial charge on any atom is 0.303 e. The van der Waals surface area contributed by atoms with Crippen molar-refractivity contribution in [2.24, 2.45) is 0 Å². The molecular weight excluding hydrogens is 260 g/mol. The molecule has 2 heterocycles. The van der Waals surface area contributed by atoms with E-state index in [-0.39, 0.29) is 6.42 Å². The molecule has 2 rings (SSSR count). The molecule has 0 radical (unpaired) electrons. The average molecular weight is 269 g/mol. The number of carbonyl (C=O) groups is 1. The quantitative estimate of drug-likeness (QED) is 0.928. The van der Waals surface area contributed by atoms with Crippen LogP contribution >= 0.6 is 15.9 Å². The van der Waals surface area contributed by atoms with Gasteiger partial charge in [-0.3, -0.25) is 9.20 Å². The molecule has 0 aliphatic heterocycles. The summed E-state index contributed by atoms with van der Waals surface area (Å²) >= 11 is 3.33. The van der Waals surface area contributed by atoms with Crippen LogP contribution in [0.1, 0.15) is 12.1 Å². The standard InChI is InChI=1S/C10H9BrN2O2/c11-10-12-6-8-3-1-2-7(13(8)10)4-5-9(14)15/h1-3,6H,4-5H2,(H,14,15). The van der Waals surface area contributed by atoms with E-state index in [0.29, 0.717) is 11.2 Å². The number of aliphatic carboxylic acids is 1. The maximum absolute atomic E-state index is 10.5. The zero-order chi connectivity index (χ0) is 10.8. The number of imidazole rings is 1. The second-order valence-electron chi connectivity index (χ2n) is 3.20. The van der Waals surface area contributed by atoms with Crippen molar-refractivity contribution < 1.29 is 9.90 Å².